The maximum absolute atomic E-state index is 12.2. The van der Waals surface area contributed by atoms with Gasteiger partial charge in [0.05, 0.1) is 7.11 Å². The number of ether oxygens (including phenoxy) is 1. The van der Waals surface area contributed by atoms with Crippen LogP contribution in [0.15, 0.2) is 79.1 Å². The molecule has 2 aromatic carbocycles. The number of pyridine rings is 1. The number of benzene rings is 2. The molecule has 0 unspecified atom stereocenters. The van der Waals surface area contributed by atoms with E-state index < -0.39 is 0 Å². The van der Waals surface area contributed by atoms with Crippen molar-refractivity contribution in [2.75, 3.05) is 13.7 Å². The number of hydrogen-bond donors (Lipinski definition) is 0. The topological polar surface area (TPSA) is 34.0 Å². The number of nitrogens with zero attached hydrogens (tertiary/aromatic N) is 2. The molecular formula is C29H30N2O2. The van der Waals surface area contributed by atoms with Crippen molar-refractivity contribution in [2.24, 2.45) is 0 Å². The van der Waals surface area contributed by atoms with Gasteiger partial charge in [-0.2, -0.15) is 0 Å². The number of hydrogen-bond acceptors (Lipinski definition) is 3. The second-order valence-corrected chi connectivity index (χ2v) is 8.95. The van der Waals surface area contributed by atoms with Crippen LogP contribution in [0, 0.1) is 6.92 Å². The highest BCUT2D eigenvalue weighted by atomic mass is 16.5. The fourth-order valence-electron chi connectivity index (χ4n) is 5.10. The molecule has 1 aliphatic heterocycles. The molecule has 1 atom stereocenters. The Labute approximate surface area is 195 Å². The molecule has 1 fully saturated rings. The number of likely N-dealkylation sites (tertiary alicyclic amines) is 1. The van der Waals surface area contributed by atoms with Gasteiger partial charge in [-0.15, -0.1) is 0 Å². The number of aromatic nitrogens is 1. The van der Waals surface area contributed by atoms with Gasteiger partial charge in [-0.3, -0.25) is 9.69 Å². The zero-order valence-corrected chi connectivity index (χ0v) is 19.3. The average Bonchev–Trinajstić information content (AvgIpc) is 3.28. The minimum Gasteiger partial charge on any atom is -0.468 e. The summed E-state index contributed by atoms with van der Waals surface area (Å²) in [4.78, 5) is 14.5. The van der Waals surface area contributed by atoms with Gasteiger partial charge in [-0.05, 0) is 72.3 Å². The predicted molar refractivity (Wildman–Crippen MR) is 133 cm³/mol. The van der Waals surface area contributed by atoms with Gasteiger partial charge in [0.25, 0.3) is 0 Å². The minimum absolute atomic E-state index is 0.116. The molecule has 0 bridgehead atoms. The summed E-state index contributed by atoms with van der Waals surface area (Å²) in [7, 11) is 1.48. The van der Waals surface area contributed by atoms with E-state index in [1.54, 1.807) is 0 Å². The SMILES string of the molecule is COC(=O)[C@@H]1CCCCN1Cc1ccn2cc(-c3cccc(-c4ccccc4)c3C)cc2c1. The van der Waals surface area contributed by atoms with E-state index in [9.17, 15) is 4.79 Å². The molecular weight excluding hydrogens is 408 g/mol. The van der Waals surface area contributed by atoms with E-state index in [0.29, 0.717) is 0 Å². The van der Waals surface area contributed by atoms with Crippen molar-refractivity contribution in [3.63, 3.8) is 0 Å². The van der Waals surface area contributed by atoms with Gasteiger partial charge in [0.2, 0.25) is 0 Å². The van der Waals surface area contributed by atoms with Crippen LogP contribution in [0.1, 0.15) is 30.4 Å². The summed E-state index contributed by atoms with van der Waals surface area (Å²) >= 11 is 0. The minimum atomic E-state index is -0.134. The van der Waals surface area contributed by atoms with E-state index in [2.05, 4.69) is 95.3 Å². The summed E-state index contributed by atoms with van der Waals surface area (Å²) in [5, 5.41) is 0. The highest BCUT2D eigenvalue weighted by Crippen LogP contribution is 2.33. The van der Waals surface area contributed by atoms with E-state index in [1.807, 2.05) is 0 Å². The molecule has 0 amide bonds. The molecule has 4 nitrogen and oxygen atoms in total. The zero-order chi connectivity index (χ0) is 22.8. The number of carbonyl (C=O) groups is 1. The quantitative estimate of drug-likeness (QED) is 0.353. The predicted octanol–water partition coefficient (Wildman–Crippen LogP) is 6.11. The fourth-order valence-corrected chi connectivity index (χ4v) is 5.10. The Morgan fingerprint density at radius 3 is 2.55 bits per heavy atom. The monoisotopic (exact) mass is 438 g/mol. The molecule has 1 aliphatic rings. The zero-order valence-electron chi connectivity index (χ0n) is 19.3. The van der Waals surface area contributed by atoms with E-state index in [-0.39, 0.29) is 12.0 Å². The van der Waals surface area contributed by atoms with Crippen LogP contribution in [0.4, 0.5) is 0 Å². The highest BCUT2D eigenvalue weighted by molar-refractivity contribution is 5.80. The standard InChI is InChI=1S/C29H30N2O2/c1-21-26(23-9-4-3-5-10-23)11-8-12-27(21)24-18-25-17-22(14-16-30(25)20-24)19-31-15-7-6-13-28(31)29(32)33-2/h3-5,8-12,14,16-18,20,28H,6-7,13,15,19H2,1-2H3/t28-/m0/s1. The third-order valence-electron chi connectivity index (χ3n) is 6.86. The smallest absolute Gasteiger partial charge is 0.323 e. The van der Waals surface area contributed by atoms with Gasteiger partial charge in [0.1, 0.15) is 6.04 Å². The van der Waals surface area contributed by atoms with Crippen LogP contribution in [0.25, 0.3) is 27.8 Å². The lowest BCUT2D eigenvalue weighted by molar-refractivity contribution is -0.148. The maximum atomic E-state index is 12.2. The first-order valence-corrected chi connectivity index (χ1v) is 11.7. The summed E-state index contributed by atoms with van der Waals surface area (Å²) in [5.41, 5.74) is 8.65. The molecule has 0 radical (unpaired) electrons. The van der Waals surface area contributed by atoms with Crippen molar-refractivity contribution in [1.82, 2.24) is 9.30 Å². The molecule has 0 spiro atoms. The molecule has 4 heteroatoms. The van der Waals surface area contributed by atoms with E-state index >= 15 is 0 Å². The Morgan fingerprint density at radius 2 is 1.76 bits per heavy atom. The van der Waals surface area contributed by atoms with Gasteiger partial charge in [-0.1, -0.05) is 55.0 Å². The molecule has 0 aliphatic carbocycles. The lowest BCUT2D eigenvalue weighted by Gasteiger charge is -2.33. The normalized spacial score (nSPS) is 16.7. The lowest BCUT2D eigenvalue weighted by atomic mass is 9.94. The van der Waals surface area contributed by atoms with Gasteiger partial charge in [0, 0.05) is 30.0 Å². The molecule has 33 heavy (non-hydrogen) atoms. The Hall–Kier alpha value is -3.37. The molecule has 2 aromatic heterocycles. The van der Waals surface area contributed by atoms with E-state index in [4.69, 9.17) is 4.74 Å². The first-order chi connectivity index (χ1) is 16.1. The van der Waals surface area contributed by atoms with Crippen molar-refractivity contribution in [3.05, 3.63) is 90.3 Å². The molecule has 168 valence electrons. The van der Waals surface area contributed by atoms with Gasteiger partial charge in [-0.25, -0.2) is 0 Å². The molecule has 0 N–H and O–H groups in total. The third-order valence-corrected chi connectivity index (χ3v) is 6.86. The second kappa shape index (κ2) is 9.24. The first-order valence-electron chi connectivity index (χ1n) is 11.7. The number of piperidine rings is 1. The van der Waals surface area contributed by atoms with Crippen molar-refractivity contribution >= 4 is 11.5 Å². The highest BCUT2D eigenvalue weighted by Gasteiger charge is 2.29. The summed E-state index contributed by atoms with van der Waals surface area (Å²) in [5.74, 6) is -0.116. The summed E-state index contributed by atoms with van der Waals surface area (Å²) in [6, 6.07) is 23.6. The number of fused-ring (bicyclic) bond motifs is 1. The number of carbonyl (C=O) groups excluding carboxylic acids is 1. The van der Waals surface area contributed by atoms with Gasteiger partial charge >= 0.3 is 5.97 Å². The van der Waals surface area contributed by atoms with Crippen LogP contribution in [0.2, 0.25) is 0 Å². The summed E-state index contributed by atoms with van der Waals surface area (Å²) in [6.45, 7) is 3.90. The number of rotatable bonds is 5. The Bertz CT molecular complexity index is 1280. The van der Waals surface area contributed by atoms with Crippen LogP contribution in [0.3, 0.4) is 0 Å². The maximum Gasteiger partial charge on any atom is 0.323 e. The third kappa shape index (κ3) is 4.31. The van der Waals surface area contributed by atoms with Crippen molar-refractivity contribution in [2.45, 2.75) is 38.8 Å². The molecule has 3 heterocycles. The van der Waals surface area contributed by atoms with Crippen LogP contribution in [-0.2, 0) is 16.1 Å². The second-order valence-electron chi connectivity index (χ2n) is 8.95. The van der Waals surface area contributed by atoms with Crippen LogP contribution in [-0.4, -0.2) is 35.0 Å². The Morgan fingerprint density at radius 1 is 0.970 bits per heavy atom. The fraction of sp³-hybridized carbons (Fsp3) is 0.276. The Kier molecular flexibility index (Phi) is 6.01. The average molecular weight is 439 g/mol. The largest absolute Gasteiger partial charge is 0.468 e. The molecule has 0 saturated carbocycles. The van der Waals surface area contributed by atoms with Gasteiger partial charge in [0.15, 0.2) is 0 Å². The van der Waals surface area contributed by atoms with Crippen molar-refractivity contribution in [3.8, 4) is 22.3 Å². The van der Waals surface area contributed by atoms with Gasteiger partial charge < -0.3 is 9.14 Å². The van der Waals surface area contributed by atoms with Crippen LogP contribution < -0.4 is 0 Å². The van der Waals surface area contributed by atoms with Crippen LogP contribution in [0.5, 0.6) is 0 Å². The molecule has 5 rings (SSSR count). The lowest BCUT2D eigenvalue weighted by Crippen LogP contribution is -2.44. The van der Waals surface area contributed by atoms with E-state index in [0.717, 1.165) is 32.4 Å². The van der Waals surface area contributed by atoms with Crippen LogP contribution >= 0.6 is 0 Å². The first kappa shape index (κ1) is 21.5. The van der Waals surface area contributed by atoms with Crippen molar-refractivity contribution < 1.29 is 9.53 Å². The van der Waals surface area contributed by atoms with E-state index in [1.165, 1.54) is 46.0 Å². The van der Waals surface area contributed by atoms with Crippen molar-refractivity contribution in [1.29, 1.82) is 0 Å². The molecule has 1 saturated heterocycles. The number of methoxy groups -OCH3 is 1. The molecule has 4 aromatic rings. The number of esters is 1. The summed E-state index contributed by atoms with van der Waals surface area (Å²) in [6.07, 6.45) is 7.41. The summed E-state index contributed by atoms with van der Waals surface area (Å²) < 4.78 is 7.23. The Balaban J connectivity index is 1.44.